The Bertz CT molecular complexity index is 889. The van der Waals surface area contributed by atoms with Gasteiger partial charge in [-0.3, -0.25) is 4.90 Å². The minimum absolute atomic E-state index is 0.161. The van der Waals surface area contributed by atoms with Gasteiger partial charge in [-0.05, 0) is 29.8 Å². The van der Waals surface area contributed by atoms with Gasteiger partial charge in [-0.15, -0.1) is 13.2 Å². The molecule has 0 amide bonds. The molecule has 154 valence electrons. The van der Waals surface area contributed by atoms with E-state index in [1.54, 1.807) is 6.07 Å². The van der Waals surface area contributed by atoms with Crippen LogP contribution in [0.3, 0.4) is 0 Å². The van der Waals surface area contributed by atoms with Crippen LogP contribution in [0.2, 0.25) is 0 Å². The first-order valence-electron chi connectivity index (χ1n) is 8.94. The lowest BCUT2D eigenvalue weighted by Crippen LogP contribution is -2.45. The van der Waals surface area contributed by atoms with Crippen LogP contribution in [-0.4, -0.2) is 49.7 Å². The van der Waals surface area contributed by atoms with E-state index < -0.39 is 12.4 Å². The van der Waals surface area contributed by atoms with Crippen molar-refractivity contribution in [3.05, 3.63) is 53.1 Å². The molecule has 0 bridgehead atoms. The summed E-state index contributed by atoms with van der Waals surface area (Å²) in [5.41, 5.74) is 1.25. The van der Waals surface area contributed by atoms with Gasteiger partial charge < -0.3 is 19.9 Å². The van der Waals surface area contributed by atoms with Gasteiger partial charge >= 0.3 is 6.36 Å². The second-order valence-electron chi connectivity index (χ2n) is 6.49. The average molecular weight is 407 g/mol. The molecule has 0 saturated carbocycles. The zero-order valence-corrected chi connectivity index (χ0v) is 15.7. The van der Waals surface area contributed by atoms with Crippen LogP contribution in [0.15, 0.2) is 36.4 Å². The SMILES string of the molecule is COc1ccc(C#N)c([C@H](c2ccc(OC(F)(F)F)cc2)N2CCNCC2)c1O. The van der Waals surface area contributed by atoms with Crippen LogP contribution in [0, 0.1) is 11.3 Å². The van der Waals surface area contributed by atoms with E-state index in [4.69, 9.17) is 4.74 Å². The van der Waals surface area contributed by atoms with Crippen molar-refractivity contribution >= 4 is 0 Å². The summed E-state index contributed by atoms with van der Waals surface area (Å²) in [6.07, 6.45) is -4.78. The Labute approximate surface area is 166 Å². The molecular formula is C20H20F3N3O3. The maximum Gasteiger partial charge on any atom is 0.573 e. The number of phenolic OH excluding ortho intramolecular Hbond substituents is 1. The number of methoxy groups -OCH3 is 1. The molecule has 29 heavy (non-hydrogen) atoms. The molecule has 2 N–H and O–H groups in total. The number of alkyl halides is 3. The van der Waals surface area contributed by atoms with E-state index in [-0.39, 0.29) is 22.8 Å². The molecule has 6 nitrogen and oxygen atoms in total. The predicted octanol–water partition coefficient (Wildman–Crippen LogP) is 3.17. The lowest BCUT2D eigenvalue weighted by molar-refractivity contribution is -0.274. The maximum atomic E-state index is 12.5. The number of ether oxygens (including phenoxy) is 2. The van der Waals surface area contributed by atoms with E-state index in [2.05, 4.69) is 21.0 Å². The first kappa shape index (κ1) is 20.8. The Morgan fingerprint density at radius 1 is 1.14 bits per heavy atom. The molecule has 0 spiro atoms. The van der Waals surface area contributed by atoms with Crippen LogP contribution in [0.1, 0.15) is 22.7 Å². The number of rotatable bonds is 5. The van der Waals surface area contributed by atoms with Gasteiger partial charge in [0, 0.05) is 31.7 Å². The smallest absolute Gasteiger partial charge is 0.504 e. The van der Waals surface area contributed by atoms with E-state index in [0.29, 0.717) is 37.3 Å². The second kappa shape index (κ2) is 8.59. The van der Waals surface area contributed by atoms with Crippen molar-refractivity contribution in [3.8, 4) is 23.3 Å². The highest BCUT2D eigenvalue weighted by Gasteiger charge is 2.32. The summed E-state index contributed by atoms with van der Waals surface area (Å²) in [4.78, 5) is 2.06. The third-order valence-electron chi connectivity index (χ3n) is 4.74. The van der Waals surface area contributed by atoms with E-state index in [1.165, 1.54) is 37.4 Å². The molecule has 0 unspecified atom stereocenters. The average Bonchev–Trinajstić information content (AvgIpc) is 2.70. The minimum Gasteiger partial charge on any atom is -0.504 e. The van der Waals surface area contributed by atoms with Crippen LogP contribution >= 0.6 is 0 Å². The number of hydrogen-bond donors (Lipinski definition) is 2. The number of aromatic hydroxyl groups is 1. The molecular weight excluding hydrogens is 387 g/mol. The number of benzene rings is 2. The Morgan fingerprint density at radius 3 is 2.34 bits per heavy atom. The molecule has 1 atom stereocenters. The number of piperazine rings is 1. The van der Waals surface area contributed by atoms with E-state index in [9.17, 15) is 23.5 Å². The number of nitrogens with one attached hydrogen (secondary N) is 1. The van der Waals surface area contributed by atoms with Gasteiger partial charge in [-0.25, -0.2) is 0 Å². The van der Waals surface area contributed by atoms with Gasteiger partial charge in [0.15, 0.2) is 11.5 Å². The molecule has 1 heterocycles. The molecule has 1 fully saturated rings. The summed E-state index contributed by atoms with van der Waals surface area (Å²) in [5, 5.41) is 23.6. The molecule has 3 rings (SSSR count). The predicted molar refractivity (Wildman–Crippen MR) is 98.8 cm³/mol. The monoisotopic (exact) mass is 407 g/mol. The quantitative estimate of drug-likeness (QED) is 0.793. The van der Waals surface area contributed by atoms with Crippen molar-refractivity contribution in [3.63, 3.8) is 0 Å². The van der Waals surface area contributed by atoms with Gasteiger partial charge in [0.25, 0.3) is 0 Å². The highest BCUT2D eigenvalue weighted by molar-refractivity contribution is 5.57. The van der Waals surface area contributed by atoms with Crippen LogP contribution in [-0.2, 0) is 0 Å². The molecule has 0 aromatic heterocycles. The van der Waals surface area contributed by atoms with E-state index in [1.807, 2.05) is 0 Å². The largest absolute Gasteiger partial charge is 0.573 e. The zero-order chi connectivity index (χ0) is 21.0. The molecule has 2 aromatic rings. The summed E-state index contributed by atoms with van der Waals surface area (Å²) < 4.78 is 46.6. The van der Waals surface area contributed by atoms with Crippen molar-refractivity contribution < 1.29 is 27.8 Å². The van der Waals surface area contributed by atoms with Gasteiger partial charge in [0.1, 0.15) is 5.75 Å². The van der Waals surface area contributed by atoms with Crippen molar-refractivity contribution in [2.24, 2.45) is 0 Å². The van der Waals surface area contributed by atoms with Crippen molar-refractivity contribution in [1.82, 2.24) is 10.2 Å². The summed E-state index contributed by atoms with van der Waals surface area (Å²) in [6, 6.07) is 10.1. The fourth-order valence-electron chi connectivity index (χ4n) is 3.48. The Hall–Kier alpha value is -2.96. The summed E-state index contributed by atoms with van der Waals surface area (Å²) in [7, 11) is 1.41. The van der Waals surface area contributed by atoms with Crippen LogP contribution in [0.4, 0.5) is 13.2 Å². The first-order chi connectivity index (χ1) is 13.8. The zero-order valence-electron chi connectivity index (χ0n) is 15.7. The summed E-state index contributed by atoms with van der Waals surface area (Å²) >= 11 is 0. The lowest BCUT2D eigenvalue weighted by Gasteiger charge is -2.36. The Balaban J connectivity index is 2.08. The highest BCUT2D eigenvalue weighted by atomic mass is 19.4. The summed E-state index contributed by atoms with van der Waals surface area (Å²) in [6.45, 7) is 2.68. The molecule has 0 aliphatic carbocycles. The number of halogens is 3. The number of hydrogen-bond acceptors (Lipinski definition) is 6. The summed E-state index contributed by atoms with van der Waals surface area (Å²) in [5.74, 6) is -0.280. The fourth-order valence-corrected chi connectivity index (χ4v) is 3.48. The highest BCUT2D eigenvalue weighted by Crippen LogP contribution is 2.42. The van der Waals surface area contributed by atoms with Crippen LogP contribution in [0.5, 0.6) is 17.2 Å². The third-order valence-corrected chi connectivity index (χ3v) is 4.74. The number of phenols is 1. The van der Waals surface area contributed by atoms with Gasteiger partial charge in [0.2, 0.25) is 0 Å². The standard InChI is InChI=1S/C20H20F3N3O3/c1-28-16-7-4-14(12-24)17(19(16)27)18(26-10-8-25-9-11-26)13-2-5-15(6-3-13)29-20(21,22)23/h2-7,18,25,27H,8-11H2,1H3/t18-/m0/s1. The van der Waals surface area contributed by atoms with Crippen molar-refractivity contribution in [2.45, 2.75) is 12.4 Å². The second-order valence-corrected chi connectivity index (χ2v) is 6.49. The topological polar surface area (TPSA) is 77.8 Å². The molecule has 1 saturated heterocycles. The van der Waals surface area contributed by atoms with Gasteiger partial charge in [-0.2, -0.15) is 5.26 Å². The molecule has 0 radical (unpaired) electrons. The molecule has 9 heteroatoms. The van der Waals surface area contributed by atoms with Gasteiger partial charge in [0.05, 0.1) is 24.8 Å². The lowest BCUT2D eigenvalue weighted by atomic mass is 9.91. The van der Waals surface area contributed by atoms with Crippen molar-refractivity contribution in [2.75, 3.05) is 33.3 Å². The Morgan fingerprint density at radius 2 is 1.79 bits per heavy atom. The minimum atomic E-state index is -4.78. The van der Waals surface area contributed by atoms with Crippen LogP contribution < -0.4 is 14.8 Å². The molecule has 1 aliphatic rings. The number of nitrogens with zero attached hydrogens (tertiary/aromatic N) is 2. The van der Waals surface area contributed by atoms with Crippen LogP contribution in [0.25, 0.3) is 0 Å². The number of nitriles is 1. The van der Waals surface area contributed by atoms with E-state index in [0.717, 1.165) is 0 Å². The normalized spacial score (nSPS) is 16.1. The van der Waals surface area contributed by atoms with Crippen molar-refractivity contribution in [1.29, 1.82) is 5.26 Å². The molecule has 1 aliphatic heterocycles. The fraction of sp³-hybridized carbons (Fsp3) is 0.350. The first-order valence-corrected chi connectivity index (χ1v) is 8.94. The van der Waals surface area contributed by atoms with E-state index >= 15 is 0 Å². The third kappa shape index (κ3) is 4.72. The Kier molecular flexibility index (Phi) is 6.15. The molecule has 2 aromatic carbocycles. The maximum absolute atomic E-state index is 12.5. The van der Waals surface area contributed by atoms with Gasteiger partial charge in [-0.1, -0.05) is 12.1 Å².